The van der Waals surface area contributed by atoms with E-state index in [2.05, 4.69) is 11.1 Å². The summed E-state index contributed by atoms with van der Waals surface area (Å²) in [5.41, 5.74) is 2.21. The molecule has 2 aliphatic rings. The quantitative estimate of drug-likeness (QED) is 0.700. The van der Waals surface area contributed by atoms with E-state index >= 15 is 0 Å². The van der Waals surface area contributed by atoms with E-state index < -0.39 is 17.8 Å². The van der Waals surface area contributed by atoms with Gasteiger partial charge in [0, 0.05) is 41.0 Å². The Balaban J connectivity index is 2.36. The molecule has 1 aromatic carbocycles. The number of esters is 1. The summed E-state index contributed by atoms with van der Waals surface area (Å²) in [5, 5.41) is 9.98. The first kappa shape index (κ1) is 21.6. The molecular weight excluding hydrogens is 384 g/mol. The van der Waals surface area contributed by atoms with Crippen LogP contribution in [0.4, 0.5) is 0 Å². The molecule has 0 fully saturated rings. The van der Waals surface area contributed by atoms with Gasteiger partial charge in [-0.3, -0.25) is 9.79 Å². The van der Waals surface area contributed by atoms with Gasteiger partial charge in [-0.15, -0.1) is 0 Å². The number of ether oxygens (including phenoxy) is 3. The molecule has 1 aromatic rings. The molecule has 0 spiro atoms. The molecule has 1 unspecified atom stereocenters. The number of nitrogens with zero attached hydrogens (tertiary/aromatic N) is 2. The van der Waals surface area contributed by atoms with E-state index in [4.69, 9.17) is 14.2 Å². The van der Waals surface area contributed by atoms with Gasteiger partial charge < -0.3 is 14.2 Å². The largest absolute Gasteiger partial charge is 0.497 e. The molecule has 1 aliphatic heterocycles. The molecule has 158 valence electrons. The SMILES string of the molecule is COC(=O)c1cc(OC)cc(OC)c1[C@H]1C2=C(CC(C)(C)CC2=O)N=C(C)C1C#N. The highest BCUT2D eigenvalue weighted by Crippen LogP contribution is 2.50. The maximum Gasteiger partial charge on any atom is 0.338 e. The molecule has 2 atom stereocenters. The van der Waals surface area contributed by atoms with Gasteiger partial charge >= 0.3 is 5.97 Å². The Hall–Kier alpha value is -3.14. The maximum absolute atomic E-state index is 13.3. The van der Waals surface area contributed by atoms with Gasteiger partial charge in [0.25, 0.3) is 0 Å². The molecule has 0 amide bonds. The third-order valence-electron chi connectivity index (χ3n) is 5.73. The minimum atomic E-state index is -0.709. The van der Waals surface area contributed by atoms with Gasteiger partial charge in [0.1, 0.15) is 11.5 Å². The summed E-state index contributed by atoms with van der Waals surface area (Å²) >= 11 is 0. The Kier molecular flexibility index (Phi) is 5.71. The van der Waals surface area contributed by atoms with Gasteiger partial charge in [-0.05, 0) is 24.8 Å². The summed E-state index contributed by atoms with van der Waals surface area (Å²) in [6.07, 6.45) is 0.965. The highest BCUT2D eigenvalue weighted by Gasteiger charge is 2.45. The summed E-state index contributed by atoms with van der Waals surface area (Å²) in [4.78, 5) is 30.6. The number of carbonyl (C=O) groups excluding carboxylic acids is 2. The van der Waals surface area contributed by atoms with Gasteiger partial charge in [0.2, 0.25) is 0 Å². The Morgan fingerprint density at radius 2 is 1.90 bits per heavy atom. The Morgan fingerprint density at radius 1 is 1.20 bits per heavy atom. The Bertz CT molecular complexity index is 1010. The number of benzene rings is 1. The second-order valence-electron chi connectivity index (χ2n) is 8.42. The highest BCUT2D eigenvalue weighted by atomic mass is 16.5. The normalized spacial score (nSPS) is 22.6. The molecule has 30 heavy (non-hydrogen) atoms. The van der Waals surface area contributed by atoms with Gasteiger partial charge in [0.05, 0.1) is 38.9 Å². The molecule has 0 N–H and O–H groups in total. The first-order valence-electron chi connectivity index (χ1n) is 9.72. The molecule has 7 nitrogen and oxygen atoms in total. The molecule has 3 rings (SSSR count). The van der Waals surface area contributed by atoms with Crippen molar-refractivity contribution < 1.29 is 23.8 Å². The number of Topliss-reactive ketones (excluding diaryl/α,β-unsaturated/α-hetero) is 1. The second kappa shape index (κ2) is 7.94. The van der Waals surface area contributed by atoms with Crippen molar-refractivity contribution in [3.8, 4) is 17.6 Å². The van der Waals surface area contributed by atoms with Crippen molar-refractivity contribution in [2.75, 3.05) is 21.3 Å². The lowest BCUT2D eigenvalue weighted by Gasteiger charge is -2.38. The van der Waals surface area contributed by atoms with Crippen molar-refractivity contribution in [3.63, 3.8) is 0 Å². The van der Waals surface area contributed by atoms with E-state index in [9.17, 15) is 14.9 Å². The standard InChI is InChI=1S/C23H26N2O5/c1-12-15(11-24)20(21-16(25-12)9-23(2,3)10-17(21)26)19-14(22(27)30-6)7-13(28-4)8-18(19)29-5/h7-8,15,20H,9-10H2,1-6H3/t15?,20-/m0/s1. The number of allylic oxidation sites excluding steroid dienone is 2. The predicted molar refractivity (Wildman–Crippen MR) is 111 cm³/mol. The smallest absolute Gasteiger partial charge is 0.338 e. The number of rotatable bonds is 4. The molecule has 1 heterocycles. The lowest BCUT2D eigenvalue weighted by atomic mass is 9.66. The van der Waals surface area contributed by atoms with E-state index in [0.29, 0.717) is 46.9 Å². The topological polar surface area (TPSA) is 98.0 Å². The minimum absolute atomic E-state index is 0.0589. The van der Waals surface area contributed by atoms with Crippen molar-refractivity contribution >= 4 is 17.5 Å². The van der Waals surface area contributed by atoms with E-state index in [1.807, 2.05) is 13.8 Å². The highest BCUT2D eigenvalue weighted by molar-refractivity contribution is 6.04. The van der Waals surface area contributed by atoms with E-state index in [1.54, 1.807) is 19.1 Å². The Labute approximate surface area is 176 Å². The fourth-order valence-electron chi connectivity index (χ4n) is 4.41. The van der Waals surface area contributed by atoms with Crippen LogP contribution in [-0.4, -0.2) is 38.8 Å². The number of aliphatic imine (C=N–C) groups is 1. The van der Waals surface area contributed by atoms with Crippen molar-refractivity contribution in [1.82, 2.24) is 0 Å². The van der Waals surface area contributed by atoms with Crippen LogP contribution in [0, 0.1) is 22.7 Å². The van der Waals surface area contributed by atoms with E-state index in [0.717, 1.165) is 0 Å². The minimum Gasteiger partial charge on any atom is -0.497 e. The summed E-state index contributed by atoms with van der Waals surface area (Å²) < 4.78 is 15.9. The maximum atomic E-state index is 13.3. The zero-order chi connectivity index (χ0) is 22.2. The van der Waals surface area contributed by atoms with Crippen molar-refractivity contribution in [3.05, 3.63) is 34.5 Å². The van der Waals surface area contributed by atoms with Crippen molar-refractivity contribution in [1.29, 1.82) is 5.26 Å². The van der Waals surface area contributed by atoms with Crippen LogP contribution in [0.2, 0.25) is 0 Å². The molecule has 7 heteroatoms. The molecule has 0 bridgehead atoms. The van der Waals surface area contributed by atoms with Gasteiger partial charge in [-0.2, -0.15) is 5.26 Å². The lowest BCUT2D eigenvalue weighted by molar-refractivity contribution is -0.118. The van der Waals surface area contributed by atoms with Crippen LogP contribution < -0.4 is 9.47 Å². The second-order valence-corrected chi connectivity index (χ2v) is 8.42. The molecule has 0 saturated carbocycles. The van der Waals surface area contributed by atoms with Gasteiger partial charge in [-0.25, -0.2) is 4.79 Å². The molecule has 0 saturated heterocycles. The van der Waals surface area contributed by atoms with Crippen LogP contribution in [0.3, 0.4) is 0 Å². The third kappa shape index (κ3) is 3.58. The van der Waals surface area contributed by atoms with E-state index in [-0.39, 0.29) is 16.8 Å². The Morgan fingerprint density at radius 3 is 2.47 bits per heavy atom. The lowest BCUT2D eigenvalue weighted by Crippen LogP contribution is -2.36. The predicted octanol–water partition coefficient (Wildman–Crippen LogP) is 3.83. The molecule has 0 aromatic heterocycles. The number of nitriles is 1. The van der Waals surface area contributed by atoms with Crippen LogP contribution in [0.25, 0.3) is 0 Å². The summed E-state index contributed by atoms with van der Waals surface area (Å²) in [6.45, 7) is 5.84. The van der Waals surface area contributed by atoms with Crippen LogP contribution in [0.5, 0.6) is 11.5 Å². The van der Waals surface area contributed by atoms with Gasteiger partial charge in [-0.1, -0.05) is 13.8 Å². The van der Waals surface area contributed by atoms with Crippen LogP contribution >= 0.6 is 0 Å². The van der Waals surface area contributed by atoms with E-state index in [1.165, 1.54) is 21.3 Å². The van der Waals surface area contributed by atoms with Crippen molar-refractivity contribution in [2.24, 2.45) is 16.3 Å². The number of ketones is 1. The first-order valence-corrected chi connectivity index (χ1v) is 9.72. The summed E-state index contributed by atoms with van der Waals surface area (Å²) in [6, 6.07) is 5.48. The average molecular weight is 410 g/mol. The van der Waals surface area contributed by atoms with Crippen LogP contribution in [0.1, 0.15) is 55.5 Å². The number of carbonyl (C=O) groups is 2. The molecular formula is C23H26N2O5. The molecule has 1 aliphatic carbocycles. The summed E-state index contributed by atoms with van der Waals surface area (Å²) in [5.74, 6) is -1.27. The zero-order valence-electron chi connectivity index (χ0n) is 18.2. The zero-order valence-corrected chi connectivity index (χ0v) is 18.2. The van der Waals surface area contributed by atoms with Crippen LogP contribution in [-0.2, 0) is 9.53 Å². The number of hydrogen-bond acceptors (Lipinski definition) is 7. The van der Waals surface area contributed by atoms with Gasteiger partial charge in [0.15, 0.2) is 5.78 Å². The number of methoxy groups -OCH3 is 3. The third-order valence-corrected chi connectivity index (χ3v) is 5.73. The fraction of sp³-hybridized carbons (Fsp3) is 0.478. The van der Waals surface area contributed by atoms with Crippen LogP contribution in [0.15, 0.2) is 28.4 Å². The first-order chi connectivity index (χ1) is 14.2. The fourth-order valence-corrected chi connectivity index (χ4v) is 4.41. The molecule has 0 radical (unpaired) electrons. The summed E-state index contributed by atoms with van der Waals surface area (Å²) in [7, 11) is 4.25. The van der Waals surface area contributed by atoms with Crippen molar-refractivity contribution in [2.45, 2.75) is 39.5 Å². The monoisotopic (exact) mass is 410 g/mol. The average Bonchev–Trinajstić information content (AvgIpc) is 2.70. The number of hydrogen-bond donors (Lipinski definition) is 0.